The predicted octanol–water partition coefficient (Wildman–Crippen LogP) is 0.421. The molecule has 1 saturated heterocycles. The van der Waals surface area contributed by atoms with Gasteiger partial charge in [-0.1, -0.05) is 12.8 Å². The highest BCUT2D eigenvalue weighted by atomic mass is 16.3. The number of aliphatic hydroxyl groups is 1. The maximum Gasteiger partial charge on any atom is 0.230 e. The molecule has 0 atom stereocenters. The lowest BCUT2D eigenvalue weighted by atomic mass is 9.84. The molecule has 0 spiro atoms. The molecule has 1 saturated carbocycles. The van der Waals surface area contributed by atoms with E-state index in [9.17, 15) is 9.90 Å². The molecule has 2 aliphatic rings. The first-order valence-corrected chi connectivity index (χ1v) is 7.80. The fourth-order valence-electron chi connectivity index (χ4n) is 3.55. The molecule has 0 bridgehead atoms. The van der Waals surface area contributed by atoms with Crippen molar-refractivity contribution in [2.24, 2.45) is 11.1 Å². The number of nitrogens with two attached hydrogens (primary N) is 1. The molecule has 0 aromatic rings. The summed E-state index contributed by atoms with van der Waals surface area (Å²) in [6, 6.07) is 0. The van der Waals surface area contributed by atoms with Gasteiger partial charge in [0, 0.05) is 39.3 Å². The molecule has 5 heteroatoms. The quantitative estimate of drug-likeness (QED) is 0.784. The summed E-state index contributed by atoms with van der Waals surface area (Å²) >= 11 is 0. The van der Waals surface area contributed by atoms with Crippen LogP contribution in [-0.2, 0) is 4.79 Å². The van der Waals surface area contributed by atoms with Crippen LogP contribution < -0.4 is 5.73 Å². The molecule has 2 fully saturated rings. The molecule has 0 aromatic heterocycles. The van der Waals surface area contributed by atoms with E-state index in [1.54, 1.807) is 0 Å². The normalized spacial score (nSPS) is 24.1. The van der Waals surface area contributed by atoms with Gasteiger partial charge in [0.25, 0.3) is 0 Å². The zero-order chi connectivity index (χ0) is 14.8. The van der Waals surface area contributed by atoms with Crippen LogP contribution in [0.1, 0.15) is 39.5 Å². The van der Waals surface area contributed by atoms with Crippen molar-refractivity contribution in [2.75, 3.05) is 39.3 Å². The Bertz CT molecular complexity index is 338. The minimum Gasteiger partial charge on any atom is -0.389 e. The standard InChI is InChI=1S/C15H29N3O2/c1-14(2,20)12-17-7-9-18(10-8-17)13(19)15(11-16)5-3-4-6-15/h20H,3-12,16H2,1-2H3. The van der Waals surface area contributed by atoms with Gasteiger partial charge in [0.15, 0.2) is 0 Å². The molecular weight excluding hydrogens is 254 g/mol. The largest absolute Gasteiger partial charge is 0.389 e. The topological polar surface area (TPSA) is 69.8 Å². The average Bonchev–Trinajstić information content (AvgIpc) is 2.87. The van der Waals surface area contributed by atoms with E-state index in [4.69, 9.17) is 5.73 Å². The van der Waals surface area contributed by atoms with Crippen molar-refractivity contribution in [1.29, 1.82) is 0 Å². The number of nitrogens with zero attached hydrogens (tertiary/aromatic N) is 2. The van der Waals surface area contributed by atoms with Gasteiger partial charge in [0.2, 0.25) is 5.91 Å². The molecule has 0 aromatic carbocycles. The van der Waals surface area contributed by atoms with Crippen LogP contribution in [0.25, 0.3) is 0 Å². The third kappa shape index (κ3) is 3.51. The van der Waals surface area contributed by atoms with Gasteiger partial charge < -0.3 is 15.7 Å². The second-order valence-corrected chi connectivity index (χ2v) is 7.07. The number of carbonyl (C=O) groups is 1. The van der Waals surface area contributed by atoms with Gasteiger partial charge in [-0.15, -0.1) is 0 Å². The minimum atomic E-state index is -0.671. The fourth-order valence-corrected chi connectivity index (χ4v) is 3.55. The average molecular weight is 283 g/mol. The van der Waals surface area contributed by atoms with E-state index < -0.39 is 5.60 Å². The molecule has 1 amide bonds. The van der Waals surface area contributed by atoms with Gasteiger partial charge in [-0.05, 0) is 26.7 Å². The van der Waals surface area contributed by atoms with E-state index in [1.807, 2.05) is 18.7 Å². The second kappa shape index (κ2) is 6.00. The summed E-state index contributed by atoms with van der Waals surface area (Å²) in [5, 5.41) is 9.86. The lowest BCUT2D eigenvalue weighted by Crippen LogP contribution is -2.55. The summed E-state index contributed by atoms with van der Waals surface area (Å²) in [5.41, 5.74) is 4.95. The van der Waals surface area contributed by atoms with Crippen molar-refractivity contribution < 1.29 is 9.90 Å². The molecule has 116 valence electrons. The number of amides is 1. The maximum absolute atomic E-state index is 12.7. The Kier molecular flexibility index (Phi) is 4.72. The highest BCUT2D eigenvalue weighted by Crippen LogP contribution is 2.39. The zero-order valence-electron chi connectivity index (χ0n) is 12.9. The molecule has 5 nitrogen and oxygen atoms in total. The summed E-state index contributed by atoms with van der Waals surface area (Å²) in [7, 11) is 0. The summed E-state index contributed by atoms with van der Waals surface area (Å²) in [4.78, 5) is 16.9. The van der Waals surface area contributed by atoms with Crippen LogP contribution in [0.4, 0.5) is 0 Å². The summed E-state index contributed by atoms with van der Waals surface area (Å²) < 4.78 is 0. The molecular formula is C15H29N3O2. The summed E-state index contributed by atoms with van der Waals surface area (Å²) in [6.07, 6.45) is 4.15. The number of carbonyl (C=O) groups excluding carboxylic acids is 1. The number of hydrogen-bond donors (Lipinski definition) is 2. The van der Waals surface area contributed by atoms with Gasteiger partial charge in [0.05, 0.1) is 11.0 Å². The third-order valence-electron chi connectivity index (χ3n) is 4.68. The molecule has 2 rings (SSSR count). The smallest absolute Gasteiger partial charge is 0.230 e. The van der Waals surface area contributed by atoms with E-state index in [1.165, 1.54) is 0 Å². The van der Waals surface area contributed by atoms with E-state index in [0.717, 1.165) is 51.9 Å². The molecule has 1 heterocycles. The molecule has 1 aliphatic carbocycles. The fraction of sp³-hybridized carbons (Fsp3) is 0.933. The highest BCUT2D eigenvalue weighted by molar-refractivity contribution is 5.83. The van der Waals surface area contributed by atoms with Gasteiger partial charge in [0.1, 0.15) is 0 Å². The monoisotopic (exact) mass is 283 g/mol. The summed E-state index contributed by atoms with van der Waals surface area (Å²) in [5.74, 6) is 0.264. The van der Waals surface area contributed by atoms with Crippen LogP contribution in [0.3, 0.4) is 0 Å². The van der Waals surface area contributed by atoms with E-state index in [0.29, 0.717) is 13.1 Å². The van der Waals surface area contributed by atoms with Crippen LogP contribution in [-0.4, -0.2) is 65.7 Å². The Morgan fingerprint density at radius 3 is 2.20 bits per heavy atom. The van der Waals surface area contributed by atoms with Gasteiger partial charge >= 0.3 is 0 Å². The first-order chi connectivity index (χ1) is 9.36. The van der Waals surface area contributed by atoms with Crippen molar-refractivity contribution in [2.45, 2.75) is 45.1 Å². The van der Waals surface area contributed by atoms with Crippen molar-refractivity contribution in [3.8, 4) is 0 Å². The molecule has 20 heavy (non-hydrogen) atoms. The Morgan fingerprint density at radius 2 is 1.75 bits per heavy atom. The van der Waals surface area contributed by atoms with E-state index in [2.05, 4.69) is 4.90 Å². The lowest BCUT2D eigenvalue weighted by Gasteiger charge is -2.40. The highest BCUT2D eigenvalue weighted by Gasteiger charge is 2.42. The SMILES string of the molecule is CC(C)(O)CN1CCN(C(=O)C2(CN)CCCC2)CC1. The van der Waals surface area contributed by atoms with E-state index >= 15 is 0 Å². The Hall–Kier alpha value is -0.650. The number of hydrogen-bond acceptors (Lipinski definition) is 4. The van der Waals surface area contributed by atoms with Crippen molar-refractivity contribution in [3.63, 3.8) is 0 Å². The maximum atomic E-state index is 12.7. The first kappa shape index (κ1) is 15.7. The molecule has 0 radical (unpaired) electrons. The van der Waals surface area contributed by atoms with Crippen molar-refractivity contribution in [3.05, 3.63) is 0 Å². The third-order valence-corrected chi connectivity index (χ3v) is 4.68. The first-order valence-electron chi connectivity index (χ1n) is 7.80. The van der Waals surface area contributed by atoms with Gasteiger partial charge in [-0.2, -0.15) is 0 Å². The second-order valence-electron chi connectivity index (χ2n) is 7.07. The Balaban J connectivity index is 1.88. The zero-order valence-corrected chi connectivity index (χ0v) is 12.9. The van der Waals surface area contributed by atoms with Crippen LogP contribution in [0, 0.1) is 5.41 Å². The molecule has 0 unspecified atom stereocenters. The predicted molar refractivity (Wildman–Crippen MR) is 79.3 cm³/mol. The van der Waals surface area contributed by atoms with Gasteiger partial charge in [-0.3, -0.25) is 9.69 Å². The number of rotatable bonds is 4. The lowest BCUT2D eigenvalue weighted by molar-refractivity contribution is -0.143. The summed E-state index contributed by atoms with van der Waals surface area (Å²) in [6.45, 7) is 8.01. The van der Waals surface area contributed by atoms with Crippen LogP contribution in [0.2, 0.25) is 0 Å². The molecule has 3 N–H and O–H groups in total. The number of piperazine rings is 1. The van der Waals surface area contributed by atoms with Crippen molar-refractivity contribution >= 4 is 5.91 Å². The molecule has 1 aliphatic heterocycles. The Morgan fingerprint density at radius 1 is 1.20 bits per heavy atom. The Labute approximate surface area is 122 Å². The number of β-amino-alcohol motifs (C(OH)–C–C–N with tert-alkyl or cyclic N) is 1. The van der Waals surface area contributed by atoms with E-state index in [-0.39, 0.29) is 11.3 Å². The van der Waals surface area contributed by atoms with Gasteiger partial charge in [-0.25, -0.2) is 0 Å². The van der Waals surface area contributed by atoms with Crippen LogP contribution in [0.5, 0.6) is 0 Å². The van der Waals surface area contributed by atoms with Crippen LogP contribution in [0.15, 0.2) is 0 Å². The van der Waals surface area contributed by atoms with Crippen molar-refractivity contribution in [1.82, 2.24) is 9.80 Å². The minimum absolute atomic E-state index is 0.264. The van der Waals surface area contributed by atoms with Crippen LogP contribution >= 0.6 is 0 Å².